The first-order valence-electron chi connectivity index (χ1n) is 5.63. The van der Waals surface area contributed by atoms with Crippen molar-refractivity contribution in [1.29, 1.82) is 0 Å². The summed E-state index contributed by atoms with van der Waals surface area (Å²) in [5, 5.41) is 2.95. The predicted molar refractivity (Wildman–Crippen MR) is 74.3 cm³/mol. The maximum Gasteiger partial charge on any atom is 0.251 e. The van der Waals surface area contributed by atoms with Crippen molar-refractivity contribution in [2.24, 2.45) is 0 Å². The van der Waals surface area contributed by atoms with Gasteiger partial charge in [-0.25, -0.2) is 0 Å². The number of hydrogen-bond donors (Lipinski definition) is 1. The second-order valence-electron chi connectivity index (χ2n) is 3.99. The Labute approximate surface area is 114 Å². The van der Waals surface area contributed by atoms with Crippen molar-refractivity contribution >= 4 is 21.8 Å². The van der Waals surface area contributed by atoms with Gasteiger partial charge in [0.25, 0.3) is 5.91 Å². The summed E-state index contributed by atoms with van der Waals surface area (Å²) in [6.07, 6.45) is 3.44. The molecule has 1 unspecified atom stereocenters. The highest BCUT2D eigenvalue weighted by Gasteiger charge is 2.11. The molecule has 0 saturated carbocycles. The normalized spacial score (nSPS) is 11.9. The van der Waals surface area contributed by atoms with Crippen LogP contribution in [0.1, 0.15) is 28.9 Å². The molecular weight excluding hydrogens is 292 g/mol. The van der Waals surface area contributed by atoms with E-state index in [-0.39, 0.29) is 11.9 Å². The number of amides is 1. The minimum Gasteiger partial charge on any atom is -0.346 e. The summed E-state index contributed by atoms with van der Waals surface area (Å²) < 4.78 is 0.895. The molecule has 1 atom stereocenters. The maximum atomic E-state index is 12.0. The zero-order valence-electron chi connectivity index (χ0n) is 9.93. The van der Waals surface area contributed by atoms with Gasteiger partial charge < -0.3 is 5.32 Å². The number of pyridine rings is 1. The van der Waals surface area contributed by atoms with Gasteiger partial charge >= 0.3 is 0 Å². The zero-order chi connectivity index (χ0) is 13.0. The Bertz CT molecular complexity index is 543. The van der Waals surface area contributed by atoms with Gasteiger partial charge in [-0.3, -0.25) is 9.78 Å². The summed E-state index contributed by atoms with van der Waals surface area (Å²) in [5.74, 6) is -0.0828. The molecule has 0 fully saturated rings. The fourth-order valence-electron chi connectivity index (χ4n) is 1.65. The monoisotopic (exact) mass is 304 g/mol. The number of aromatic nitrogens is 1. The number of rotatable bonds is 3. The van der Waals surface area contributed by atoms with E-state index in [1.807, 2.05) is 31.2 Å². The number of benzene rings is 1. The van der Waals surface area contributed by atoms with Crippen molar-refractivity contribution in [1.82, 2.24) is 10.3 Å². The molecule has 1 heterocycles. The van der Waals surface area contributed by atoms with Gasteiger partial charge in [0.2, 0.25) is 0 Å². The molecule has 3 nitrogen and oxygen atoms in total. The molecular formula is C14H13BrN2O. The zero-order valence-corrected chi connectivity index (χ0v) is 11.5. The van der Waals surface area contributed by atoms with Gasteiger partial charge in [-0.15, -0.1) is 0 Å². The van der Waals surface area contributed by atoms with Crippen molar-refractivity contribution < 1.29 is 4.79 Å². The molecule has 0 aliphatic carbocycles. The van der Waals surface area contributed by atoms with E-state index in [0.29, 0.717) is 5.56 Å². The molecule has 2 aromatic rings. The molecule has 2 rings (SSSR count). The third kappa shape index (κ3) is 3.17. The van der Waals surface area contributed by atoms with Crippen molar-refractivity contribution in [3.05, 3.63) is 64.4 Å². The molecule has 1 aromatic carbocycles. The number of hydrogen-bond acceptors (Lipinski definition) is 2. The predicted octanol–water partition coefficient (Wildman–Crippen LogP) is 3.34. The van der Waals surface area contributed by atoms with Crippen LogP contribution in [0.2, 0.25) is 0 Å². The summed E-state index contributed by atoms with van der Waals surface area (Å²) in [5.41, 5.74) is 1.68. The van der Waals surface area contributed by atoms with Crippen molar-refractivity contribution in [3.63, 3.8) is 0 Å². The molecule has 1 aromatic heterocycles. The van der Waals surface area contributed by atoms with Crippen LogP contribution in [0.5, 0.6) is 0 Å². The molecule has 0 aliphatic heterocycles. The molecule has 0 bridgehead atoms. The smallest absolute Gasteiger partial charge is 0.251 e. The van der Waals surface area contributed by atoms with Crippen LogP contribution in [-0.4, -0.2) is 10.9 Å². The van der Waals surface area contributed by atoms with Crippen LogP contribution in [0.4, 0.5) is 0 Å². The molecule has 0 saturated heterocycles. The fourth-order valence-corrected chi connectivity index (χ4v) is 2.04. The summed E-state index contributed by atoms with van der Waals surface area (Å²) in [7, 11) is 0. The number of nitrogens with zero attached hydrogens (tertiary/aromatic N) is 1. The molecule has 0 spiro atoms. The average molecular weight is 305 g/mol. The van der Waals surface area contributed by atoms with E-state index in [2.05, 4.69) is 26.2 Å². The Kier molecular flexibility index (Phi) is 4.10. The van der Waals surface area contributed by atoms with Gasteiger partial charge in [-0.05, 0) is 42.8 Å². The standard InChI is InChI=1S/C14H13BrN2O/c1-10(11-5-7-16-8-6-11)17-14(18)12-3-2-4-13(15)9-12/h2-10H,1H3,(H,17,18). The Balaban J connectivity index is 2.08. The number of carbonyl (C=O) groups is 1. The van der Waals surface area contributed by atoms with E-state index in [1.165, 1.54) is 0 Å². The first-order valence-corrected chi connectivity index (χ1v) is 6.42. The highest BCUT2D eigenvalue weighted by Crippen LogP contribution is 2.14. The minimum atomic E-state index is -0.0828. The minimum absolute atomic E-state index is 0.0421. The van der Waals surface area contributed by atoms with E-state index in [1.54, 1.807) is 24.5 Å². The van der Waals surface area contributed by atoms with Gasteiger partial charge in [0.05, 0.1) is 6.04 Å². The SMILES string of the molecule is CC(NC(=O)c1cccc(Br)c1)c1ccncc1. The van der Waals surface area contributed by atoms with E-state index < -0.39 is 0 Å². The first kappa shape index (κ1) is 12.8. The Hall–Kier alpha value is -1.68. The van der Waals surface area contributed by atoms with Crippen molar-refractivity contribution in [2.45, 2.75) is 13.0 Å². The van der Waals surface area contributed by atoms with Crippen LogP contribution >= 0.6 is 15.9 Å². The van der Waals surface area contributed by atoms with Crippen LogP contribution in [-0.2, 0) is 0 Å². The van der Waals surface area contributed by atoms with E-state index in [4.69, 9.17) is 0 Å². The summed E-state index contributed by atoms with van der Waals surface area (Å²) in [4.78, 5) is 16.0. The lowest BCUT2D eigenvalue weighted by molar-refractivity contribution is 0.0940. The van der Waals surface area contributed by atoms with Gasteiger partial charge in [0, 0.05) is 22.4 Å². The Morgan fingerprint density at radius 2 is 2.00 bits per heavy atom. The first-order chi connectivity index (χ1) is 8.66. The molecule has 0 aliphatic rings. The molecule has 92 valence electrons. The Morgan fingerprint density at radius 3 is 2.67 bits per heavy atom. The van der Waals surface area contributed by atoms with Crippen LogP contribution in [0.15, 0.2) is 53.3 Å². The molecule has 4 heteroatoms. The highest BCUT2D eigenvalue weighted by molar-refractivity contribution is 9.10. The van der Waals surface area contributed by atoms with E-state index in [9.17, 15) is 4.79 Å². The van der Waals surface area contributed by atoms with Crippen molar-refractivity contribution in [3.8, 4) is 0 Å². The van der Waals surface area contributed by atoms with Crippen molar-refractivity contribution in [2.75, 3.05) is 0 Å². The lowest BCUT2D eigenvalue weighted by Gasteiger charge is -2.14. The third-order valence-corrected chi connectivity index (χ3v) is 3.13. The molecule has 0 radical (unpaired) electrons. The number of carbonyl (C=O) groups excluding carboxylic acids is 1. The van der Waals surface area contributed by atoms with E-state index >= 15 is 0 Å². The molecule has 18 heavy (non-hydrogen) atoms. The third-order valence-electron chi connectivity index (χ3n) is 2.64. The molecule has 1 N–H and O–H groups in total. The van der Waals surface area contributed by atoms with Gasteiger partial charge in [-0.2, -0.15) is 0 Å². The second-order valence-corrected chi connectivity index (χ2v) is 4.90. The lowest BCUT2D eigenvalue weighted by Crippen LogP contribution is -2.26. The second kappa shape index (κ2) is 5.78. The summed E-state index contributed by atoms with van der Waals surface area (Å²) in [6.45, 7) is 1.95. The number of nitrogens with one attached hydrogen (secondary N) is 1. The van der Waals surface area contributed by atoms with Gasteiger partial charge in [-0.1, -0.05) is 22.0 Å². The largest absolute Gasteiger partial charge is 0.346 e. The maximum absolute atomic E-state index is 12.0. The number of halogens is 1. The Morgan fingerprint density at radius 1 is 1.28 bits per heavy atom. The van der Waals surface area contributed by atoms with E-state index in [0.717, 1.165) is 10.0 Å². The average Bonchev–Trinajstić information content (AvgIpc) is 2.39. The quantitative estimate of drug-likeness (QED) is 0.945. The fraction of sp³-hybridized carbons (Fsp3) is 0.143. The summed E-state index contributed by atoms with van der Waals surface area (Å²) in [6, 6.07) is 11.1. The molecule has 1 amide bonds. The van der Waals surface area contributed by atoms with Crippen LogP contribution in [0.3, 0.4) is 0 Å². The lowest BCUT2D eigenvalue weighted by atomic mass is 10.1. The topological polar surface area (TPSA) is 42.0 Å². The van der Waals surface area contributed by atoms with Gasteiger partial charge in [0.1, 0.15) is 0 Å². The summed E-state index contributed by atoms with van der Waals surface area (Å²) >= 11 is 3.35. The van der Waals surface area contributed by atoms with Gasteiger partial charge in [0.15, 0.2) is 0 Å². The van der Waals surface area contributed by atoms with Crippen LogP contribution < -0.4 is 5.32 Å². The highest BCUT2D eigenvalue weighted by atomic mass is 79.9. The van der Waals surface area contributed by atoms with Crippen LogP contribution in [0, 0.1) is 0 Å². The van der Waals surface area contributed by atoms with Crippen LogP contribution in [0.25, 0.3) is 0 Å².